The fourth-order valence-corrected chi connectivity index (χ4v) is 3.30. The van der Waals surface area contributed by atoms with Gasteiger partial charge in [-0.2, -0.15) is 19.9 Å². The van der Waals surface area contributed by atoms with Crippen LogP contribution >= 0.6 is 0 Å². The lowest BCUT2D eigenvalue weighted by Crippen LogP contribution is -2.33. The van der Waals surface area contributed by atoms with Crippen molar-refractivity contribution in [1.29, 1.82) is 10.5 Å². The first kappa shape index (κ1) is 17.0. The maximum Gasteiger partial charge on any atom is 0.248 e. The van der Waals surface area contributed by atoms with Crippen LogP contribution in [0.2, 0.25) is 0 Å². The summed E-state index contributed by atoms with van der Waals surface area (Å²) in [7, 11) is -3.85. The van der Waals surface area contributed by atoms with Crippen LogP contribution in [0.1, 0.15) is 26.2 Å². The largest absolute Gasteiger partial charge is 0.381 e. The Bertz CT molecular complexity index is 634. The zero-order valence-electron chi connectivity index (χ0n) is 11.9. The van der Waals surface area contributed by atoms with Crippen LogP contribution < -0.4 is 5.73 Å². The highest BCUT2D eigenvalue weighted by molar-refractivity contribution is 7.89. The first-order chi connectivity index (χ1) is 9.97. The first-order valence-electron chi connectivity index (χ1n) is 6.54. The minimum absolute atomic E-state index is 0.0267. The molecule has 0 bridgehead atoms. The molecule has 0 saturated carbocycles. The highest BCUT2D eigenvalue weighted by Crippen LogP contribution is 2.21. The first-order valence-corrected chi connectivity index (χ1v) is 7.98. The number of hydrogen-bond acceptors (Lipinski definition) is 6. The Balaban J connectivity index is 3.10. The van der Waals surface area contributed by atoms with Gasteiger partial charge in [0, 0.05) is 38.7 Å². The second-order valence-corrected chi connectivity index (χ2v) is 6.27. The van der Waals surface area contributed by atoms with Gasteiger partial charge in [0.05, 0.1) is 12.1 Å². The Morgan fingerprint density at radius 1 is 1.33 bits per heavy atom. The van der Waals surface area contributed by atoms with Gasteiger partial charge in [-0.05, 0) is 6.42 Å². The van der Waals surface area contributed by atoms with Crippen LogP contribution in [-0.2, 0) is 16.6 Å². The Morgan fingerprint density at radius 2 is 1.90 bits per heavy atom. The van der Waals surface area contributed by atoms with Crippen molar-refractivity contribution in [3.8, 4) is 12.1 Å². The Morgan fingerprint density at radius 3 is 2.38 bits per heavy atom. The van der Waals surface area contributed by atoms with E-state index in [-0.39, 0.29) is 36.6 Å². The standard InChI is InChI=1S/C12H18N6O2S/c1-2-7-17-10-11(12(15)16-17)21(19,20)18(8-3-5-13)9-4-6-14/h10H,2-4,7-9H2,1H3,(H2,15,16). The molecule has 0 radical (unpaired) electrons. The molecule has 1 rings (SSSR count). The number of sulfonamides is 1. The van der Waals surface area contributed by atoms with Gasteiger partial charge in [-0.1, -0.05) is 6.92 Å². The van der Waals surface area contributed by atoms with Gasteiger partial charge in [0.15, 0.2) is 5.82 Å². The molecule has 0 unspecified atom stereocenters. The van der Waals surface area contributed by atoms with Crippen LogP contribution in [0.5, 0.6) is 0 Å². The van der Waals surface area contributed by atoms with Gasteiger partial charge in [-0.25, -0.2) is 8.42 Å². The summed E-state index contributed by atoms with van der Waals surface area (Å²) in [6, 6.07) is 3.79. The van der Waals surface area contributed by atoms with E-state index in [4.69, 9.17) is 16.3 Å². The SMILES string of the molecule is CCCn1cc(S(=O)(=O)N(CCC#N)CCC#N)c(N)n1. The molecule has 1 heterocycles. The summed E-state index contributed by atoms with van der Waals surface area (Å²) in [5.74, 6) is -0.0673. The van der Waals surface area contributed by atoms with Crippen molar-refractivity contribution in [2.45, 2.75) is 37.6 Å². The number of nitrogens with zero attached hydrogens (tertiary/aromatic N) is 5. The third-order valence-electron chi connectivity index (χ3n) is 2.77. The van der Waals surface area contributed by atoms with Gasteiger partial charge in [-0.3, -0.25) is 4.68 Å². The molecule has 9 heteroatoms. The quantitative estimate of drug-likeness (QED) is 0.752. The van der Waals surface area contributed by atoms with Gasteiger partial charge in [0.25, 0.3) is 0 Å². The van der Waals surface area contributed by atoms with Crippen molar-refractivity contribution in [3.63, 3.8) is 0 Å². The molecule has 0 amide bonds. The number of hydrogen-bond donors (Lipinski definition) is 1. The summed E-state index contributed by atoms with van der Waals surface area (Å²) < 4.78 is 27.7. The third-order valence-corrected chi connectivity index (χ3v) is 4.69. The van der Waals surface area contributed by atoms with E-state index in [2.05, 4.69) is 5.10 Å². The fraction of sp³-hybridized carbons (Fsp3) is 0.583. The molecule has 0 aliphatic rings. The Labute approximate surface area is 124 Å². The van der Waals surface area contributed by atoms with Crippen LogP contribution in [0, 0.1) is 22.7 Å². The highest BCUT2D eigenvalue weighted by atomic mass is 32.2. The monoisotopic (exact) mass is 310 g/mol. The van der Waals surface area contributed by atoms with E-state index < -0.39 is 10.0 Å². The molecule has 1 aromatic rings. The summed E-state index contributed by atoms with van der Waals surface area (Å²) in [6.07, 6.45) is 2.29. The summed E-state index contributed by atoms with van der Waals surface area (Å²) in [6.45, 7) is 2.56. The predicted molar refractivity (Wildman–Crippen MR) is 76.1 cm³/mol. The molecule has 0 aliphatic carbocycles. The molecular weight excluding hydrogens is 292 g/mol. The van der Waals surface area contributed by atoms with Crippen molar-refractivity contribution in [2.24, 2.45) is 0 Å². The maximum atomic E-state index is 12.6. The van der Waals surface area contributed by atoms with Crippen molar-refractivity contribution < 1.29 is 8.42 Å². The number of aryl methyl sites for hydroxylation is 1. The zero-order valence-corrected chi connectivity index (χ0v) is 12.7. The second kappa shape index (κ2) is 7.62. The fourth-order valence-electron chi connectivity index (χ4n) is 1.80. The number of rotatable bonds is 8. The number of anilines is 1. The predicted octanol–water partition coefficient (Wildman–Crippen LogP) is 0.693. The molecule has 8 nitrogen and oxygen atoms in total. The molecule has 114 valence electrons. The van der Waals surface area contributed by atoms with E-state index >= 15 is 0 Å². The van der Waals surface area contributed by atoms with Gasteiger partial charge in [-0.15, -0.1) is 0 Å². The topological polar surface area (TPSA) is 129 Å². The Kier molecular flexibility index (Phi) is 6.15. The molecular formula is C12H18N6O2S. The van der Waals surface area contributed by atoms with Crippen LogP contribution in [0.4, 0.5) is 5.82 Å². The van der Waals surface area contributed by atoms with Gasteiger partial charge in [0.1, 0.15) is 4.90 Å². The minimum Gasteiger partial charge on any atom is -0.381 e. The van der Waals surface area contributed by atoms with Crippen molar-refractivity contribution in [2.75, 3.05) is 18.8 Å². The smallest absolute Gasteiger partial charge is 0.248 e. The van der Waals surface area contributed by atoms with E-state index in [1.54, 1.807) is 0 Å². The number of nitrogen functional groups attached to an aromatic ring is 1. The average Bonchev–Trinajstić information content (AvgIpc) is 2.80. The zero-order chi connectivity index (χ0) is 15.9. The van der Waals surface area contributed by atoms with E-state index in [0.717, 1.165) is 10.7 Å². The molecule has 0 saturated heterocycles. The number of nitriles is 2. The molecule has 0 atom stereocenters. The van der Waals surface area contributed by atoms with Crippen molar-refractivity contribution in [3.05, 3.63) is 6.20 Å². The third kappa shape index (κ3) is 4.18. The normalized spacial score (nSPS) is 11.2. The lowest BCUT2D eigenvalue weighted by molar-refractivity contribution is 0.425. The molecule has 2 N–H and O–H groups in total. The lowest BCUT2D eigenvalue weighted by atomic mass is 10.4. The summed E-state index contributed by atoms with van der Waals surface area (Å²) in [4.78, 5) is -0.0770. The Hall–Kier alpha value is -2.10. The van der Waals surface area contributed by atoms with E-state index in [9.17, 15) is 8.42 Å². The average molecular weight is 310 g/mol. The van der Waals surface area contributed by atoms with E-state index in [0.29, 0.717) is 6.54 Å². The summed E-state index contributed by atoms with van der Waals surface area (Å²) in [5, 5.41) is 21.2. The summed E-state index contributed by atoms with van der Waals surface area (Å²) >= 11 is 0. The molecule has 1 aromatic heterocycles. The van der Waals surface area contributed by atoms with Crippen LogP contribution in [-0.4, -0.2) is 35.6 Å². The van der Waals surface area contributed by atoms with Crippen molar-refractivity contribution >= 4 is 15.8 Å². The van der Waals surface area contributed by atoms with Gasteiger partial charge < -0.3 is 5.73 Å². The number of aromatic nitrogens is 2. The highest BCUT2D eigenvalue weighted by Gasteiger charge is 2.28. The molecule has 0 aliphatic heterocycles. The van der Waals surface area contributed by atoms with Crippen LogP contribution in [0.3, 0.4) is 0 Å². The molecule has 0 fully saturated rings. The van der Waals surface area contributed by atoms with Crippen LogP contribution in [0.25, 0.3) is 0 Å². The van der Waals surface area contributed by atoms with Crippen molar-refractivity contribution in [1.82, 2.24) is 14.1 Å². The lowest BCUT2D eigenvalue weighted by Gasteiger charge is -2.19. The summed E-state index contributed by atoms with van der Waals surface area (Å²) in [5.41, 5.74) is 5.69. The second-order valence-electron chi connectivity index (χ2n) is 4.36. The molecule has 21 heavy (non-hydrogen) atoms. The van der Waals surface area contributed by atoms with E-state index in [1.807, 2.05) is 19.1 Å². The van der Waals surface area contributed by atoms with E-state index in [1.165, 1.54) is 10.9 Å². The van der Waals surface area contributed by atoms with Crippen LogP contribution in [0.15, 0.2) is 11.1 Å². The van der Waals surface area contributed by atoms with Gasteiger partial charge >= 0.3 is 0 Å². The van der Waals surface area contributed by atoms with Gasteiger partial charge in [0.2, 0.25) is 10.0 Å². The minimum atomic E-state index is -3.85. The molecule has 0 spiro atoms. The maximum absolute atomic E-state index is 12.6. The molecule has 0 aromatic carbocycles. The number of nitrogens with two attached hydrogens (primary N) is 1.